The average Bonchev–Trinajstić information content (AvgIpc) is 2.32. The molecule has 0 bridgehead atoms. The highest BCUT2D eigenvalue weighted by atomic mass is 16.6. The smallest absolute Gasteiger partial charge is 0.344 e. The molecular weight excluding hydrogens is 150 g/mol. The monoisotopic (exact) mass is 157 g/mol. The molecule has 0 aromatic carbocycles. The fourth-order valence-electron chi connectivity index (χ4n) is 0.727. The summed E-state index contributed by atoms with van der Waals surface area (Å²) < 4.78 is 1.07. The molecule has 0 aliphatic heterocycles. The number of nitrogens with zero attached hydrogens (tertiary/aromatic N) is 3. The molecule has 0 spiro atoms. The second-order valence-electron chi connectivity index (χ2n) is 2.05. The van der Waals surface area contributed by atoms with Crippen molar-refractivity contribution in [3.8, 4) is 0 Å². The highest BCUT2D eigenvalue weighted by Gasteiger charge is 2.15. The predicted molar refractivity (Wildman–Crippen MR) is 35.8 cm³/mol. The highest BCUT2D eigenvalue weighted by Crippen LogP contribution is 2.13. The lowest BCUT2D eigenvalue weighted by molar-refractivity contribution is -0.393. The zero-order chi connectivity index (χ0) is 8.43. The molecule has 0 saturated carbocycles. The number of aromatic nitrogens is 2. The molecule has 1 aromatic rings. The molecule has 1 rings (SSSR count). The van der Waals surface area contributed by atoms with Crippen LogP contribution in [0.3, 0.4) is 0 Å². The van der Waals surface area contributed by atoms with Gasteiger partial charge in [-0.1, -0.05) is 0 Å². The van der Waals surface area contributed by atoms with Crippen molar-refractivity contribution >= 4 is 5.82 Å². The van der Waals surface area contributed by atoms with Crippen LogP contribution in [0, 0.1) is 10.1 Å². The Bertz CT molecular complexity index is 268. The third kappa shape index (κ3) is 1.35. The van der Waals surface area contributed by atoms with Crippen molar-refractivity contribution in [2.24, 2.45) is 0 Å². The molecule has 1 aromatic heterocycles. The van der Waals surface area contributed by atoms with E-state index in [2.05, 4.69) is 4.98 Å². The van der Waals surface area contributed by atoms with Gasteiger partial charge in [0, 0.05) is 6.92 Å². The van der Waals surface area contributed by atoms with Crippen molar-refractivity contribution in [3.63, 3.8) is 0 Å². The Kier molecular flexibility index (Phi) is 1.86. The molecule has 11 heavy (non-hydrogen) atoms. The maximum atomic E-state index is 10.2. The average molecular weight is 157 g/mol. The van der Waals surface area contributed by atoms with Crippen molar-refractivity contribution in [1.29, 1.82) is 0 Å². The Morgan fingerprint density at radius 2 is 2.55 bits per heavy atom. The van der Waals surface area contributed by atoms with Gasteiger partial charge in [-0.25, -0.2) is 4.98 Å². The Morgan fingerprint density at radius 1 is 1.91 bits per heavy atom. The van der Waals surface area contributed by atoms with Crippen LogP contribution in [0.25, 0.3) is 0 Å². The quantitative estimate of drug-likeness (QED) is 0.494. The summed E-state index contributed by atoms with van der Waals surface area (Å²) in [6.07, 6.45) is 1.38. The second-order valence-corrected chi connectivity index (χ2v) is 2.05. The van der Waals surface area contributed by atoms with Crippen molar-refractivity contribution in [2.75, 3.05) is 0 Å². The third-order valence-electron chi connectivity index (χ3n) is 1.24. The van der Waals surface area contributed by atoms with Crippen LogP contribution in [-0.2, 0) is 0 Å². The summed E-state index contributed by atoms with van der Waals surface area (Å²) in [7, 11) is 0. The van der Waals surface area contributed by atoms with Crippen LogP contribution in [0.1, 0.15) is 13.2 Å². The van der Waals surface area contributed by atoms with E-state index in [1.807, 2.05) is 0 Å². The number of hydrogen-bond acceptors (Lipinski definition) is 4. The Morgan fingerprint density at radius 3 is 2.91 bits per heavy atom. The van der Waals surface area contributed by atoms with E-state index in [1.54, 1.807) is 0 Å². The van der Waals surface area contributed by atoms with Gasteiger partial charge >= 0.3 is 5.82 Å². The van der Waals surface area contributed by atoms with Crippen LogP contribution in [0.15, 0.2) is 12.5 Å². The molecule has 6 heteroatoms. The van der Waals surface area contributed by atoms with Gasteiger partial charge in [0.2, 0.25) is 0 Å². The SMILES string of the molecule is C[C@@H](O)n1cncc1[N+](=O)[O-]. The first-order chi connectivity index (χ1) is 5.13. The molecule has 0 fully saturated rings. The number of nitro groups is 1. The molecule has 1 heterocycles. The summed E-state index contributed by atoms with van der Waals surface area (Å²) in [5.41, 5.74) is 0. The topological polar surface area (TPSA) is 81.2 Å². The van der Waals surface area contributed by atoms with Crippen molar-refractivity contribution in [1.82, 2.24) is 9.55 Å². The summed E-state index contributed by atoms with van der Waals surface area (Å²) in [5, 5.41) is 19.2. The third-order valence-corrected chi connectivity index (χ3v) is 1.24. The van der Waals surface area contributed by atoms with Gasteiger partial charge in [0.25, 0.3) is 0 Å². The normalized spacial score (nSPS) is 12.9. The van der Waals surface area contributed by atoms with Crippen molar-refractivity contribution in [3.05, 3.63) is 22.6 Å². The molecule has 0 radical (unpaired) electrons. The largest absolute Gasteiger partial charge is 0.358 e. The van der Waals surface area contributed by atoms with Gasteiger partial charge < -0.3 is 15.2 Å². The molecule has 0 aliphatic carbocycles. The zero-order valence-corrected chi connectivity index (χ0v) is 5.84. The van der Waals surface area contributed by atoms with Crippen LogP contribution < -0.4 is 0 Å². The standard InChI is InChI=1S/C5H7N3O3/c1-4(9)7-3-6-2-5(7)8(10)11/h2-4,9H,1H3/t4-/m1/s1. The van der Waals surface area contributed by atoms with Crippen LogP contribution in [0.2, 0.25) is 0 Å². The highest BCUT2D eigenvalue weighted by molar-refractivity contribution is 5.14. The van der Waals surface area contributed by atoms with E-state index in [-0.39, 0.29) is 5.82 Å². The first-order valence-electron chi connectivity index (χ1n) is 2.97. The van der Waals surface area contributed by atoms with Gasteiger partial charge in [0.05, 0.1) is 0 Å². The Labute approximate surface area is 62.2 Å². The summed E-state index contributed by atoms with van der Waals surface area (Å²) in [5.74, 6) is -0.208. The Hall–Kier alpha value is -1.43. The Balaban J connectivity index is 3.06. The van der Waals surface area contributed by atoms with E-state index in [4.69, 9.17) is 5.11 Å². The molecule has 0 aliphatic rings. The van der Waals surface area contributed by atoms with Crippen LogP contribution >= 0.6 is 0 Å². The fraction of sp³-hybridized carbons (Fsp3) is 0.400. The first-order valence-corrected chi connectivity index (χ1v) is 2.97. The molecule has 0 unspecified atom stereocenters. The van der Waals surface area contributed by atoms with Crippen LogP contribution in [0.4, 0.5) is 5.82 Å². The molecule has 0 amide bonds. The minimum atomic E-state index is -0.919. The summed E-state index contributed by atoms with van der Waals surface area (Å²) in [6, 6.07) is 0. The summed E-state index contributed by atoms with van der Waals surface area (Å²) in [6.45, 7) is 1.43. The number of rotatable bonds is 2. The molecule has 60 valence electrons. The first kappa shape index (κ1) is 7.67. The number of hydrogen-bond donors (Lipinski definition) is 1. The van der Waals surface area contributed by atoms with E-state index < -0.39 is 11.2 Å². The molecule has 1 atom stereocenters. The summed E-state index contributed by atoms with van der Waals surface area (Å²) >= 11 is 0. The van der Waals surface area contributed by atoms with E-state index in [1.165, 1.54) is 13.3 Å². The molecular formula is C5H7N3O3. The van der Waals surface area contributed by atoms with E-state index in [0.717, 1.165) is 10.8 Å². The summed E-state index contributed by atoms with van der Waals surface area (Å²) in [4.78, 5) is 13.1. The van der Waals surface area contributed by atoms with Crippen LogP contribution in [0.5, 0.6) is 0 Å². The lowest BCUT2D eigenvalue weighted by Gasteiger charge is -2.01. The number of aliphatic hydroxyl groups excluding tert-OH is 1. The van der Waals surface area contributed by atoms with Gasteiger partial charge in [-0.2, -0.15) is 4.57 Å². The minimum absolute atomic E-state index is 0.208. The molecule has 0 saturated heterocycles. The van der Waals surface area contributed by atoms with Gasteiger partial charge in [-0.05, 0) is 4.92 Å². The van der Waals surface area contributed by atoms with Gasteiger partial charge in [-0.15, -0.1) is 0 Å². The maximum absolute atomic E-state index is 10.2. The van der Waals surface area contributed by atoms with Gasteiger partial charge in [0.15, 0.2) is 12.6 Å². The zero-order valence-electron chi connectivity index (χ0n) is 5.84. The lowest BCUT2D eigenvalue weighted by Crippen LogP contribution is -2.05. The van der Waals surface area contributed by atoms with E-state index in [9.17, 15) is 10.1 Å². The maximum Gasteiger partial charge on any atom is 0.344 e. The van der Waals surface area contributed by atoms with Crippen molar-refractivity contribution in [2.45, 2.75) is 13.2 Å². The van der Waals surface area contributed by atoms with Gasteiger partial charge in [-0.3, -0.25) is 0 Å². The van der Waals surface area contributed by atoms with Gasteiger partial charge in [0.1, 0.15) is 6.20 Å². The van der Waals surface area contributed by atoms with Crippen LogP contribution in [-0.4, -0.2) is 19.6 Å². The van der Waals surface area contributed by atoms with Crippen molar-refractivity contribution < 1.29 is 10.0 Å². The second kappa shape index (κ2) is 2.67. The predicted octanol–water partition coefficient (Wildman–Crippen LogP) is 0.302. The number of aliphatic hydroxyl groups is 1. The lowest BCUT2D eigenvalue weighted by atomic mass is 10.6. The number of imidazole rings is 1. The molecule has 1 N–H and O–H groups in total. The minimum Gasteiger partial charge on any atom is -0.358 e. The van der Waals surface area contributed by atoms with E-state index >= 15 is 0 Å². The molecule has 6 nitrogen and oxygen atoms in total. The van der Waals surface area contributed by atoms with E-state index in [0.29, 0.717) is 0 Å². The fourth-order valence-corrected chi connectivity index (χ4v) is 0.727.